The zero-order valence-corrected chi connectivity index (χ0v) is 25.4. The molecule has 1 atom stereocenters. The number of benzene rings is 3. The van der Waals surface area contributed by atoms with Gasteiger partial charge in [0, 0.05) is 13.1 Å². The molecular formula is C32H41N3O5S. The lowest BCUT2D eigenvalue weighted by molar-refractivity contribution is -0.140. The van der Waals surface area contributed by atoms with E-state index >= 15 is 0 Å². The Balaban J connectivity index is 2.05. The molecular weight excluding hydrogens is 538 g/mol. The van der Waals surface area contributed by atoms with Crippen molar-refractivity contribution in [2.45, 2.75) is 64.4 Å². The number of unbranched alkanes of at least 4 members (excludes halogenated alkanes) is 1. The molecule has 41 heavy (non-hydrogen) atoms. The molecule has 220 valence electrons. The second-order valence-corrected chi connectivity index (χ2v) is 11.9. The van der Waals surface area contributed by atoms with Crippen LogP contribution in [0.4, 0.5) is 5.69 Å². The minimum atomic E-state index is -4.13. The van der Waals surface area contributed by atoms with Gasteiger partial charge >= 0.3 is 0 Å². The van der Waals surface area contributed by atoms with E-state index in [1.54, 1.807) is 36.4 Å². The first kappa shape index (κ1) is 31.7. The molecule has 0 heterocycles. The summed E-state index contributed by atoms with van der Waals surface area (Å²) < 4.78 is 34.3. The number of nitrogens with zero attached hydrogens (tertiary/aromatic N) is 2. The smallest absolute Gasteiger partial charge is 0.264 e. The summed E-state index contributed by atoms with van der Waals surface area (Å²) in [6.07, 6.45) is 2.13. The van der Waals surface area contributed by atoms with Crippen molar-refractivity contribution in [2.75, 3.05) is 24.5 Å². The number of hydrogen-bond donors (Lipinski definition) is 1. The zero-order valence-electron chi connectivity index (χ0n) is 24.6. The normalized spacial score (nSPS) is 11.9. The number of ether oxygens (including phenoxy) is 1. The van der Waals surface area contributed by atoms with E-state index in [-0.39, 0.29) is 17.3 Å². The summed E-state index contributed by atoms with van der Waals surface area (Å²) in [7, 11) is -2.60. The second kappa shape index (κ2) is 14.7. The van der Waals surface area contributed by atoms with Crippen molar-refractivity contribution in [3.63, 3.8) is 0 Å². The molecule has 0 aliphatic carbocycles. The number of aryl methyl sites for hydroxylation is 2. The molecule has 0 radical (unpaired) electrons. The van der Waals surface area contributed by atoms with Crippen LogP contribution in [-0.2, 0) is 26.2 Å². The fraction of sp³-hybridized carbons (Fsp3) is 0.375. The maximum Gasteiger partial charge on any atom is 0.264 e. The minimum Gasteiger partial charge on any atom is -0.497 e. The van der Waals surface area contributed by atoms with Crippen molar-refractivity contribution in [3.05, 3.63) is 89.5 Å². The van der Waals surface area contributed by atoms with Gasteiger partial charge in [-0.15, -0.1) is 0 Å². The summed E-state index contributed by atoms with van der Waals surface area (Å²) in [6, 6.07) is 19.9. The van der Waals surface area contributed by atoms with Crippen LogP contribution in [0, 0.1) is 13.8 Å². The average Bonchev–Trinajstić information content (AvgIpc) is 2.97. The van der Waals surface area contributed by atoms with Crippen LogP contribution in [0.2, 0.25) is 0 Å². The molecule has 0 bridgehead atoms. The van der Waals surface area contributed by atoms with Crippen molar-refractivity contribution < 1.29 is 22.7 Å². The molecule has 9 heteroatoms. The third kappa shape index (κ3) is 8.10. The highest BCUT2D eigenvalue weighted by atomic mass is 32.2. The summed E-state index contributed by atoms with van der Waals surface area (Å²) in [6.45, 7) is 7.93. The average molecular weight is 580 g/mol. The van der Waals surface area contributed by atoms with Crippen molar-refractivity contribution >= 4 is 27.5 Å². The highest BCUT2D eigenvalue weighted by Crippen LogP contribution is 2.27. The van der Waals surface area contributed by atoms with Crippen LogP contribution >= 0.6 is 0 Å². The molecule has 0 aliphatic heterocycles. The molecule has 0 unspecified atom stereocenters. The number of carbonyl (C=O) groups excluding carboxylic acids is 2. The predicted molar refractivity (Wildman–Crippen MR) is 162 cm³/mol. The molecule has 8 nitrogen and oxygen atoms in total. The van der Waals surface area contributed by atoms with Crippen molar-refractivity contribution in [2.24, 2.45) is 0 Å². The van der Waals surface area contributed by atoms with Gasteiger partial charge in [0.15, 0.2) is 0 Å². The lowest BCUT2D eigenvalue weighted by Gasteiger charge is -2.33. The molecule has 0 saturated heterocycles. The summed E-state index contributed by atoms with van der Waals surface area (Å²) in [5.74, 6) is -0.166. The molecule has 3 rings (SSSR count). The van der Waals surface area contributed by atoms with E-state index in [1.165, 1.54) is 24.1 Å². The van der Waals surface area contributed by atoms with Crippen molar-refractivity contribution in [1.29, 1.82) is 0 Å². The fourth-order valence-corrected chi connectivity index (χ4v) is 5.93. The van der Waals surface area contributed by atoms with Crippen LogP contribution in [0.3, 0.4) is 0 Å². The Kier molecular flexibility index (Phi) is 11.3. The maximum absolute atomic E-state index is 14.1. The zero-order chi connectivity index (χ0) is 30.0. The Hall–Kier alpha value is -3.85. The van der Waals surface area contributed by atoms with Crippen molar-refractivity contribution in [1.82, 2.24) is 10.2 Å². The van der Waals surface area contributed by atoms with E-state index in [9.17, 15) is 18.0 Å². The summed E-state index contributed by atoms with van der Waals surface area (Å²) >= 11 is 0. The largest absolute Gasteiger partial charge is 0.497 e. The number of nitrogens with one attached hydrogen (secondary N) is 1. The quantitative estimate of drug-likeness (QED) is 0.264. The fourth-order valence-electron chi connectivity index (χ4n) is 4.51. The van der Waals surface area contributed by atoms with Crippen LogP contribution in [0.1, 0.15) is 49.8 Å². The van der Waals surface area contributed by atoms with Gasteiger partial charge in [0.25, 0.3) is 10.0 Å². The number of sulfonamides is 1. The first-order valence-corrected chi connectivity index (χ1v) is 15.4. The van der Waals surface area contributed by atoms with Gasteiger partial charge in [-0.2, -0.15) is 0 Å². The van der Waals surface area contributed by atoms with E-state index < -0.39 is 28.5 Å². The van der Waals surface area contributed by atoms with Crippen LogP contribution < -0.4 is 14.4 Å². The number of anilines is 1. The van der Waals surface area contributed by atoms with E-state index in [1.807, 2.05) is 52.0 Å². The molecule has 0 fully saturated rings. The molecule has 0 aliphatic rings. The van der Waals surface area contributed by atoms with Gasteiger partial charge in [0.1, 0.15) is 18.3 Å². The van der Waals surface area contributed by atoms with E-state index in [2.05, 4.69) is 5.32 Å². The molecule has 0 spiro atoms. The SMILES string of the molecule is CCCCNC(=O)[C@H](CC)N(Cc1ccccc1C)C(=O)CN(c1ccc(OC)cc1)S(=O)(=O)c1ccc(C)cc1. The number of methoxy groups -OCH3 is 1. The van der Waals surface area contributed by atoms with Gasteiger partial charge in [-0.05, 0) is 74.2 Å². The lowest BCUT2D eigenvalue weighted by atomic mass is 10.1. The maximum atomic E-state index is 14.1. The Morgan fingerprint density at radius 1 is 0.927 bits per heavy atom. The highest BCUT2D eigenvalue weighted by molar-refractivity contribution is 7.92. The van der Waals surface area contributed by atoms with Crippen molar-refractivity contribution in [3.8, 4) is 5.75 Å². The van der Waals surface area contributed by atoms with E-state index in [0.29, 0.717) is 24.4 Å². The number of carbonyl (C=O) groups is 2. The molecule has 0 saturated carbocycles. The van der Waals surface area contributed by atoms with Crippen LogP contribution in [0.25, 0.3) is 0 Å². The van der Waals surface area contributed by atoms with Gasteiger partial charge in [-0.1, -0.05) is 62.2 Å². The van der Waals surface area contributed by atoms with Gasteiger partial charge in [-0.25, -0.2) is 8.42 Å². The number of amides is 2. The molecule has 3 aromatic rings. The highest BCUT2D eigenvalue weighted by Gasteiger charge is 2.33. The third-order valence-corrected chi connectivity index (χ3v) is 8.85. The Bertz CT molecular complexity index is 1410. The second-order valence-electron chi connectivity index (χ2n) is 10.0. The standard InChI is InChI=1S/C32H41N3O5S/c1-6-8-21-33-32(37)30(7-2)34(22-26-12-10-9-11-25(26)4)31(36)23-35(27-15-17-28(40-5)18-16-27)41(38,39)29-19-13-24(3)14-20-29/h9-20,30H,6-8,21-23H2,1-5H3,(H,33,37)/t30-/m0/s1. The predicted octanol–water partition coefficient (Wildman–Crippen LogP) is 5.23. The lowest BCUT2D eigenvalue weighted by Crippen LogP contribution is -2.52. The van der Waals surface area contributed by atoms with Gasteiger partial charge in [0.2, 0.25) is 11.8 Å². The number of rotatable bonds is 14. The first-order valence-electron chi connectivity index (χ1n) is 14.0. The number of hydrogen-bond acceptors (Lipinski definition) is 5. The summed E-state index contributed by atoms with van der Waals surface area (Å²) in [5.41, 5.74) is 3.10. The summed E-state index contributed by atoms with van der Waals surface area (Å²) in [5, 5.41) is 2.95. The van der Waals surface area contributed by atoms with Gasteiger partial charge < -0.3 is 15.0 Å². The Morgan fingerprint density at radius 3 is 2.17 bits per heavy atom. The molecule has 2 amide bonds. The Morgan fingerprint density at radius 2 is 1.59 bits per heavy atom. The third-order valence-electron chi connectivity index (χ3n) is 7.07. The van der Waals surface area contributed by atoms with E-state index in [4.69, 9.17) is 4.74 Å². The van der Waals surface area contributed by atoms with Crippen LogP contribution in [0.15, 0.2) is 77.7 Å². The molecule has 3 aromatic carbocycles. The summed E-state index contributed by atoms with van der Waals surface area (Å²) in [4.78, 5) is 29.0. The van der Waals surface area contributed by atoms with Gasteiger partial charge in [0.05, 0.1) is 17.7 Å². The van der Waals surface area contributed by atoms with Crippen LogP contribution in [-0.4, -0.2) is 51.4 Å². The Labute approximate surface area is 244 Å². The van der Waals surface area contributed by atoms with Crippen LogP contribution in [0.5, 0.6) is 5.75 Å². The molecule has 1 N–H and O–H groups in total. The minimum absolute atomic E-state index is 0.0709. The molecule has 0 aromatic heterocycles. The van der Waals surface area contributed by atoms with E-state index in [0.717, 1.165) is 33.8 Å². The monoisotopic (exact) mass is 579 g/mol. The van der Waals surface area contributed by atoms with Gasteiger partial charge in [-0.3, -0.25) is 13.9 Å². The first-order chi connectivity index (χ1) is 19.6. The topological polar surface area (TPSA) is 96.0 Å².